The number of allylic oxidation sites excluding steroid dienone is 14. The molecule has 0 nitrogen and oxygen atoms in total. The van der Waals surface area contributed by atoms with E-state index in [1.165, 1.54) is 60.8 Å². The van der Waals surface area contributed by atoms with E-state index in [2.05, 4.69) is 104 Å². The highest BCUT2D eigenvalue weighted by atomic mass is 14.3. The topological polar surface area (TPSA) is 0 Å². The maximum absolute atomic E-state index is 2.38. The zero-order chi connectivity index (χ0) is 22.4. The van der Waals surface area contributed by atoms with Crippen molar-refractivity contribution in [2.75, 3.05) is 0 Å². The molecule has 2 aliphatic carbocycles. The van der Waals surface area contributed by atoms with Gasteiger partial charge in [-0.15, -0.1) is 0 Å². The van der Waals surface area contributed by atoms with Crippen LogP contribution in [0.2, 0.25) is 0 Å². The van der Waals surface area contributed by atoms with Crippen LogP contribution in [0.3, 0.4) is 0 Å². The third-order valence-corrected chi connectivity index (χ3v) is 6.94. The van der Waals surface area contributed by atoms with Crippen molar-refractivity contribution >= 4 is 0 Å². The van der Waals surface area contributed by atoms with Crippen LogP contribution in [0.25, 0.3) is 0 Å². The standard InChI is InChI=1S/C30H44/c1-23(17-19-27-25(3)15-11-21-29(27,5)6)13-9-10-14-24(2)18-20-28-26(4)16-12-22-30(28,7)8/h9-10,13-14,17-20H,11-12,15-16,21-22H2,1-8H3/b10-9+,19-17+,20-18+,23-13+,24-14+. The molecule has 0 heterocycles. The van der Waals surface area contributed by atoms with E-state index in [0.29, 0.717) is 10.8 Å². The lowest BCUT2D eigenvalue weighted by atomic mass is 9.72. The highest BCUT2D eigenvalue weighted by Crippen LogP contribution is 2.41. The fourth-order valence-electron chi connectivity index (χ4n) is 4.98. The van der Waals surface area contributed by atoms with Crippen LogP contribution in [0, 0.1) is 10.8 Å². The van der Waals surface area contributed by atoms with Crippen LogP contribution in [0.1, 0.15) is 93.9 Å². The van der Waals surface area contributed by atoms with Crippen molar-refractivity contribution in [2.24, 2.45) is 10.8 Å². The Labute approximate surface area is 186 Å². The Kier molecular flexibility index (Phi) is 8.53. The summed E-state index contributed by atoms with van der Waals surface area (Å²) >= 11 is 0. The van der Waals surface area contributed by atoms with Crippen molar-refractivity contribution in [1.82, 2.24) is 0 Å². The maximum atomic E-state index is 2.38. The highest BCUT2D eigenvalue weighted by Gasteiger charge is 2.27. The van der Waals surface area contributed by atoms with E-state index in [1.807, 2.05) is 0 Å². The molecule has 0 aromatic heterocycles. The summed E-state index contributed by atoms with van der Waals surface area (Å²) in [5.41, 5.74) is 9.37. The first kappa shape index (κ1) is 24.4. The van der Waals surface area contributed by atoms with Gasteiger partial charge in [-0.2, -0.15) is 0 Å². The third kappa shape index (κ3) is 6.86. The predicted molar refractivity (Wildman–Crippen MR) is 136 cm³/mol. The zero-order valence-electron chi connectivity index (χ0n) is 20.9. The van der Waals surface area contributed by atoms with Gasteiger partial charge in [0.05, 0.1) is 0 Å². The monoisotopic (exact) mass is 404 g/mol. The minimum atomic E-state index is 0.307. The first-order valence-corrected chi connectivity index (χ1v) is 11.8. The van der Waals surface area contributed by atoms with Crippen molar-refractivity contribution in [3.8, 4) is 0 Å². The number of rotatable bonds is 6. The number of hydrogen-bond acceptors (Lipinski definition) is 0. The van der Waals surface area contributed by atoms with Gasteiger partial charge in [0, 0.05) is 0 Å². The Morgan fingerprint density at radius 2 is 1.03 bits per heavy atom. The van der Waals surface area contributed by atoms with Gasteiger partial charge in [0.2, 0.25) is 0 Å². The minimum absolute atomic E-state index is 0.307. The van der Waals surface area contributed by atoms with Gasteiger partial charge < -0.3 is 0 Å². The van der Waals surface area contributed by atoms with Crippen molar-refractivity contribution in [2.45, 2.75) is 93.9 Å². The summed E-state index contributed by atoms with van der Waals surface area (Å²) < 4.78 is 0. The molecule has 30 heavy (non-hydrogen) atoms. The smallest absolute Gasteiger partial charge is 0.0104 e. The van der Waals surface area contributed by atoms with E-state index in [9.17, 15) is 0 Å². The molecule has 2 aliphatic rings. The van der Waals surface area contributed by atoms with Gasteiger partial charge in [0.15, 0.2) is 0 Å². The summed E-state index contributed by atoms with van der Waals surface area (Å²) in [6.45, 7) is 18.5. The molecule has 0 amide bonds. The second-order valence-electron chi connectivity index (χ2n) is 10.7. The molecule has 0 heteroatoms. The molecular formula is C30H44. The Balaban J connectivity index is 2.00. The lowest BCUT2D eigenvalue weighted by Gasteiger charge is -2.33. The summed E-state index contributed by atoms with van der Waals surface area (Å²) in [5.74, 6) is 0. The molecule has 0 aromatic carbocycles. The molecule has 0 saturated heterocycles. The maximum Gasteiger partial charge on any atom is -0.0104 e. The van der Waals surface area contributed by atoms with E-state index in [-0.39, 0.29) is 0 Å². The van der Waals surface area contributed by atoms with E-state index >= 15 is 0 Å². The number of hydrogen-bond donors (Lipinski definition) is 0. The molecule has 0 aromatic rings. The highest BCUT2D eigenvalue weighted by molar-refractivity contribution is 5.38. The van der Waals surface area contributed by atoms with Gasteiger partial charge in [-0.25, -0.2) is 0 Å². The second-order valence-corrected chi connectivity index (χ2v) is 10.7. The molecule has 2 rings (SSSR count). The van der Waals surface area contributed by atoms with Crippen LogP contribution in [0.5, 0.6) is 0 Å². The van der Waals surface area contributed by atoms with Gasteiger partial charge in [-0.3, -0.25) is 0 Å². The van der Waals surface area contributed by atoms with E-state index in [0.717, 1.165) is 0 Å². The molecule has 0 atom stereocenters. The molecule has 0 radical (unpaired) electrons. The predicted octanol–water partition coefficient (Wildman–Crippen LogP) is 9.60. The van der Waals surface area contributed by atoms with Crippen molar-refractivity contribution in [3.05, 3.63) is 82.0 Å². The van der Waals surface area contributed by atoms with Gasteiger partial charge in [-0.05, 0) is 88.2 Å². The van der Waals surface area contributed by atoms with Crippen LogP contribution in [0.4, 0.5) is 0 Å². The minimum Gasteiger partial charge on any atom is -0.0696 e. The molecule has 0 bridgehead atoms. The summed E-state index contributed by atoms with van der Waals surface area (Å²) in [7, 11) is 0. The largest absolute Gasteiger partial charge is 0.0696 e. The van der Waals surface area contributed by atoms with E-state index in [1.54, 1.807) is 11.1 Å². The van der Waals surface area contributed by atoms with Crippen molar-refractivity contribution < 1.29 is 0 Å². The third-order valence-electron chi connectivity index (χ3n) is 6.94. The Hall–Kier alpha value is -1.82. The lowest BCUT2D eigenvalue weighted by Crippen LogP contribution is -2.19. The fourth-order valence-corrected chi connectivity index (χ4v) is 4.98. The molecule has 0 aliphatic heterocycles. The first-order chi connectivity index (χ1) is 14.0. The normalized spacial score (nSPS) is 23.5. The molecule has 0 saturated carbocycles. The van der Waals surface area contributed by atoms with Gasteiger partial charge >= 0.3 is 0 Å². The van der Waals surface area contributed by atoms with Crippen LogP contribution in [-0.2, 0) is 0 Å². The zero-order valence-corrected chi connectivity index (χ0v) is 20.9. The molecule has 0 N–H and O–H groups in total. The van der Waals surface area contributed by atoms with Gasteiger partial charge in [-0.1, -0.05) is 98.6 Å². The average Bonchev–Trinajstić information content (AvgIpc) is 2.63. The molecule has 0 spiro atoms. The molecular weight excluding hydrogens is 360 g/mol. The van der Waals surface area contributed by atoms with Crippen LogP contribution >= 0.6 is 0 Å². The Morgan fingerprint density at radius 1 is 0.667 bits per heavy atom. The summed E-state index contributed by atoms with van der Waals surface area (Å²) in [4.78, 5) is 0. The van der Waals surface area contributed by atoms with E-state index in [4.69, 9.17) is 0 Å². The summed E-state index contributed by atoms with van der Waals surface area (Å²) in [5, 5.41) is 0. The van der Waals surface area contributed by atoms with Crippen LogP contribution in [-0.4, -0.2) is 0 Å². The molecule has 0 fully saturated rings. The summed E-state index contributed by atoms with van der Waals surface area (Å²) in [6, 6.07) is 0. The van der Waals surface area contributed by atoms with Crippen LogP contribution < -0.4 is 0 Å². The fraction of sp³-hybridized carbons (Fsp3) is 0.533. The molecule has 0 unspecified atom stereocenters. The average molecular weight is 405 g/mol. The van der Waals surface area contributed by atoms with Crippen molar-refractivity contribution in [1.29, 1.82) is 0 Å². The lowest BCUT2D eigenvalue weighted by molar-refractivity contribution is 0.376. The Morgan fingerprint density at radius 3 is 1.37 bits per heavy atom. The Bertz CT molecular complexity index is 755. The second kappa shape index (κ2) is 10.5. The SMILES string of the molecule is CC1=C(/C=C/C(C)=C/C=C/C=C(C)/C=C/C2=C(C)CCCC2(C)C)C(C)(C)CCC1. The van der Waals surface area contributed by atoms with Crippen LogP contribution in [0.15, 0.2) is 82.0 Å². The van der Waals surface area contributed by atoms with Crippen molar-refractivity contribution in [3.63, 3.8) is 0 Å². The molecule has 164 valence electrons. The summed E-state index contributed by atoms with van der Waals surface area (Å²) in [6.07, 6.45) is 25.7. The van der Waals surface area contributed by atoms with Gasteiger partial charge in [0.25, 0.3) is 0 Å². The first-order valence-electron chi connectivity index (χ1n) is 11.8. The van der Waals surface area contributed by atoms with Gasteiger partial charge in [0.1, 0.15) is 0 Å². The quantitative estimate of drug-likeness (QED) is 0.386. The van der Waals surface area contributed by atoms with E-state index < -0.39 is 0 Å².